The van der Waals surface area contributed by atoms with Crippen LogP contribution in [0.3, 0.4) is 0 Å². The first-order chi connectivity index (χ1) is 10.4. The molecule has 2 aliphatic heterocycles. The molecule has 120 valence electrons. The molecule has 1 aromatic rings. The van der Waals surface area contributed by atoms with Crippen LogP contribution in [0.2, 0.25) is 0 Å². The van der Waals surface area contributed by atoms with Crippen molar-refractivity contribution in [1.82, 2.24) is 4.90 Å². The van der Waals surface area contributed by atoms with E-state index in [-0.39, 0.29) is 18.3 Å². The molecule has 0 saturated carbocycles. The Morgan fingerprint density at radius 2 is 2.36 bits per heavy atom. The van der Waals surface area contributed by atoms with Gasteiger partial charge in [-0.05, 0) is 25.2 Å². The molecule has 0 amide bonds. The highest BCUT2D eigenvalue weighted by Crippen LogP contribution is 2.48. The van der Waals surface area contributed by atoms with Crippen molar-refractivity contribution in [2.45, 2.75) is 24.5 Å². The monoisotopic (exact) mass is 306 g/mol. The minimum Gasteiger partial charge on any atom is -0.497 e. The molecule has 3 N–H and O–H groups in total. The van der Waals surface area contributed by atoms with E-state index in [1.807, 2.05) is 25.2 Å². The molecule has 0 radical (unpaired) electrons. The van der Waals surface area contributed by atoms with E-state index >= 15 is 0 Å². The first-order valence-electron chi connectivity index (χ1n) is 7.49. The number of ether oxygens (including phenoxy) is 2. The summed E-state index contributed by atoms with van der Waals surface area (Å²) in [5.41, 5.74) is 6.59. The van der Waals surface area contributed by atoms with Crippen molar-refractivity contribution >= 4 is 5.97 Å². The van der Waals surface area contributed by atoms with E-state index in [0.29, 0.717) is 17.9 Å². The number of carboxylic acid groups (broad SMARTS) is 1. The Labute approximate surface area is 129 Å². The lowest BCUT2D eigenvalue weighted by molar-refractivity contribution is -0.139. The predicted octanol–water partition coefficient (Wildman–Crippen LogP) is 1.25. The fourth-order valence-electron chi connectivity index (χ4n) is 3.63. The molecule has 2 aliphatic rings. The smallest absolute Gasteiger partial charge is 0.303 e. The molecule has 2 heterocycles. The van der Waals surface area contributed by atoms with Crippen LogP contribution in [0.25, 0.3) is 0 Å². The van der Waals surface area contributed by atoms with Gasteiger partial charge in [0.25, 0.3) is 0 Å². The summed E-state index contributed by atoms with van der Waals surface area (Å²) >= 11 is 0. The van der Waals surface area contributed by atoms with Gasteiger partial charge in [-0.25, -0.2) is 0 Å². The molecule has 0 aromatic heterocycles. The molecule has 0 aliphatic carbocycles. The number of hydrogen-bond acceptors (Lipinski definition) is 5. The second-order valence-electron chi connectivity index (χ2n) is 6.28. The molecule has 0 spiro atoms. The molecule has 3 rings (SSSR count). The zero-order valence-electron chi connectivity index (χ0n) is 12.9. The zero-order chi connectivity index (χ0) is 15.9. The summed E-state index contributed by atoms with van der Waals surface area (Å²) in [4.78, 5) is 13.5. The van der Waals surface area contributed by atoms with E-state index in [0.717, 1.165) is 18.7 Å². The highest BCUT2D eigenvalue weighted by Gasteiger charge is 2.50. The largest absolute Gasteiger partial charge is 0.497 e. The third kappa shape index (κ3) is 2.53. The maximum atomic E-state index is 11.4. The van der Waals surface area contributed by atoms with Crippen molar-refractivity contribution in [3.8, 4) is 11.5 Å². The van der Waals surface area contributed by atoms with Crippen LogP contribution < -0.4 is 15.2 Å². The number of nitrogens with zero attached hydrogens (tertiary/aromatic N) is 1. The van der Waals surface area contributed by atoms with E-state index in [1.165, 1.54) is 0 Å². The van der Waals surface area contributed by atoms with E-state index < -0.39 is 11.7 Å². The van der Waals surface area contributed by atoms with Crippen molar-refractivity contribution in [1.29, 1.82) is 0 Å². The SMILES string of the molecule is COc1ccc2c(c1)C(CC(=O)O)C1CN(C)CCC1(N)O2. The topological polar surface area (TPSA) is 85.0 Å². The molecule has 3 atom stereocenters. The molecular weight excluding hydrogens is 284 g/mol. The Balaban J connectivity index is 2.06. The lowest BCUT2D eigenvalue weighted by Crippen LogP contribution is -2.63. The van der Waals surface area contributed by atoms with Gasteiger partial charge in [-0.1, -0.05) is 0 Å². The summed E-state index contributed by atoms with van der Waals surface area (Å²) in [6.07, 6.45) is 0.733. The highest BCUT2D eigenvalue weighted by atomic mass is 16.5. The minimum absolute atomic E-state index is 0.0426. The van der Waals surface area contributed by atoms with Gasteiger partial charge in [0.15, 0.2) is 5.72 Å². The summed E-state index contributed by atoms with van der Waals surface area (Å²) < 4.78 is 11.4. The van der Waals surface area contributed by atoms with Gasteiger partial charge in [0.05, 0.1) is 13.5 Å². The Hall–Kier alpha value is -1.79. The van der Waals surface area contributed by atoms with Crippen LogP contribution >= 0.6 is 0 Å². The lowest BCUT2D eigenvalue weighted by atomic mass is 9.72. The van der Waals surface area contributed by atoms with Crippen LogP contribution in [-0.2, 0) is 4.79 Å². The number of nitrogens with two attached hydrogens (primary N) is 1. The summed E-state index contributed by atoms with van der Waals surface area (Å²) in [7, 11) is 3.62. The van der Waals surface area contributed by atoms with Crippen molar-refractivity contribution in [3.05, 3.63) is 23.8 Å². The van der Waals surface area contributed by atoms with Crippen LogP contribution in [-0.4, -0.2) is 48.9 Å². The molecule has 6 heteroatoms. The highest BCUT2D eigenvalue weighted by molar-refractivity contribution is 5.69. The second kappa shape index (κ2) is 5.44. The van der Waals surface area contributed by atoms with E-state index in [9.17, 15) is 9.90 Å². The summed E-state index contributed by atoms with van der Waals surface area (Å²) in [5, 5.41) is 9.33. The number of fused-ring (bicyclic) bond motifs is 2. The van der Waals surface area contributed by atoms with Crippen LogP contribution in [0, 0.1) is 5.92 Å². The molecule has 0 bridgehead atoms. The quantitative estimate of drug-likeness (QED) is 0.874. The number of piperidine rings is 1. The molecule has 1 fully saturated rings. The van der Waals surface area contributed by atoms with E-state index in [4.69, 9.17) is 15.2 Å². The molecule has 6 nitrogen and oxygen atoms in total. The van der Waals surface area contributed by atoms with Gasteiger partial charge < -0.3 is 19.5 Å². The van der Waals surface area contributed by atoms with Gasteiger partial charge in [0, 0.05) is 36.9 Å². The standard InChI is InChI=1S/C16H22N2O4/c1-18-6-5-16(17)13(9-18)11(8-15(19)20)12-7-10(21-2)3-4-14(12)22-16/h3-4,7,11,13H,5-6,8-9,17H2,1-2H3,(H,19,20). The van der Waals surface area contributed by atoms with Crippen molar-refractivity contribution < 1.29 is 19.4 Å². The fourth-order valence-corrected chi connectivity index (χ4v) is 3.63. The number of benzene rings is 1. The Bertz CT molecular complexity index is 592. The molecule has 3 unspecified atom stereocenters. The van der Waals surface area contributed by atoms with Crippen LogP contribution in [0.4, 0.5) is 0 Å². The van der Waals surface area contributed by atoms with Gasteiger partial charge in [-0.3, -0.25) is 10.5 Å². The molecular formula is C16H22N2O4. The van der Waals surface area contributed by atoms with Crippen LogP contribution in [0.1, 0.15) is 24.3 Å². The number of carboxylic acids is 1. The number of aliphatic carboxylic acids is 1. The van der Waals surface area contributed by atoms with Gasteiger partial charge in [-0.15, -0.1) is 0 Å². The first kappa shape index (κ1) is 15.1. The Morgan fingerprint density at radius 3 is 3.05 bits per heavy atom. The van der Waals surface area contributed by atoms with E-state index in [1.54, 1.807) is 7.11 Å². The molecule has 22 heavy (non-hydrogen) atoms. The Morgan fingerprint density at radius 1 is 1.59 bits per heavy atom. The van der Waals surface area contributed by atoms with Gasteiger partial charge in [-0.2, -0.15) is 0 Å². The third-order valence-electron chi connectivity index (χ3n) is 4.82. The third-order valence-corrected chi connectivity index (χ3v) is 4.82. The van der Waals surface area contributed by atoms with Gasteiger partial charge in [0.2, 0.25) is 0 Å². The van der Waals surface area contributed by atoms with Crippen molar-refractivity contribution in [2.24, 2.45) is 11.7 Å². The van der Waals surface area contributed by atoms with Gasteiger partial charge in [0.1, 0.15) is 11.5 Å². The number of carbonyl (C=O) groups is 1. The van der Waals surface area contributed by atoms with E-state index in [2.05, 4.69) is 4.90 Å². The summed E-state index contributed by atoms with van der Waals surface area (Å²) in [6.45, 7) is 1.57. The molecule has 1 saturated heterocycles. The average Bonchev–Trinajstić information content (AvgIpc) is 2.47. The van der Waals surface area contributed by atoms with Crippen LogP contribution in [0.15, 0.2) is 18.2 Å². The second-order valence-corrected chi connectivity index (χ2v) is 6.28. The van der Waals surface area contributed by atoms with Crippen LogP contribution in [0.5, 0.6) is 11.5 Å². The summed E-state index contributed by atoms with van der Waals surface area (Å²) in [6, 6.07) is 5.51. The number of methoxy groups -OCH3 is 1. The lowest BCUT2D eigenvalue weighted by Gasteiger charge is -2.50. The minimum atomic E-state index is -0.823. The summed E-state index contributed by atoms with van der Waals surface area (Å²) in [5.74, 6) is 0.323. The normalized spacial score (nSPS) is 30.9. The Kier molecular flexibility index (Phi) is 3.74. The first-order valence-corrected chi connectivity index (χ1v) is 7.49. The van der Waals surface area contributed by atoms with Gasteiger partial charge >= 0.3 is 5.97 Å². The maximum absolute atomic E-state index is 11.4. The molecule has 1 aromatic carbocycles. The maximum Gasteiger partial charge on any atom is 0.303 e. The predicted molar refractivity (Wildman–Crippen MR) is 81.1 cm³/mol. The number of rotatable bonds is 3. The average molecular weight is 306 g/mol. The number of hydrogen-bond donors (Lipinski definition) is 2. The zero-order valence-corrected chi connectivity index (χ0v) is 12.9. The van der Waals surface area contributed by atoms with Crippen molar-refractivity contribution in [2.75, 3.05) is 27.2 Å². The van der Waals surface area contributed by atoms with Crippen molar-refractivity contribution in [3.63, 3.8) is 0 Å². The number of likely N-dealkylation sites (tertiary alicyclic amines) is 1. The fraction of sp³-hybridized carbons (Fsp3) is 0.562.